The van der Waals surface area contributed by atoms with Crippen LogP contribution in [0.2, 0.25) is 5.02 Å². The van der Waals surface area contributed by atoms with Crippen molar-refractivity contribution >= 4 is 51.6 Å². The third-order valence-corrected chi connectivity index (χ3v) is 5.02. The highest BCUT2D eigenvalue weighted by Crippen LogP contribution is 2.39. The van der Waals surface area contributed by atoms with Gasteiger partial charge in [-0.1, -0.05) is 54.1 Å². The summed E-state index contributed by atoms with van der Waals surface area (Å²) >= 11 is 6.09. The van der Waals surface area contributed by atoms with Gasteiger partial charge in [0.1, 0.15) is 5.69 Å². The molecule has 0 aliphatic rings. The van der Waals surface area contributed by atoms with E-state index in [2.05, 4.69) is 20.8 Å². The Balaban J connectivity index is 1.67. The smallest absolute Gasteiger partial charge is 0.275 e. The van der Waals surface area contributed by atoms with Gasteiger partial charge in [0.15, 0.2) is 5.75 Å². The van der Waals surface area contributed by atoms with Gasteiger partial charge in [0.25, 0.3) is 5.91 Å². The van der Waals surface area contributed by atoms with E-state index >= 15 is 0 Å². The van der Waals surface area contributed by atoms with E-state index in [1.165, 1.54) is 6.21 Å². The molecule has 0 aliphatic heterocycles. The molecule has 158 valence electrons. The summed E-state index contributed by atoms with van der Waals surface area (Å²) in [7, 11) is 0. The van der Waals surface area contributed by atoms with E-state index in [9.17, 15) is 9.90 Å². The number of nitrogens with one attached hydrogen (secondary N) is 1. The van der Waals surface area contributed by atoms with E-state index in [4.69, 9.17) is 17.3 Å². The van der Waals surface area contributed by atoms with Crippen LogP contribution in [0.25, 0.3) is 10.8 Å². The van der Waals surface area contributed by atoms with Gasteiger partial charge in [-0.2, -0.15) is 10.2 Å². The minimum atomic E-state index is -0.597. The molecule has 0 spiro atoms. The number of anilines is 1. The number of rotatable bonds is 5. The van der Waals surface area contributed by atoms with Crippen molar-refractivity contribution in [3.63, 3.8) is 0 Å². The first-order valence-corrected chi connectivity index (χ1v) is 10.0. The molecule has 0 aromatic heterocycles. The molecule has 0 radical (unpaired) electrons. The van der Waals surface area contributed by atoms with Crippen molar-refractivity contribution in [2.75, 3.05) is 5.73 Å². The van der Waals surface area contributed by atoms with Gasteiger partial charge < -0.3 is 10.8 Å². The summed E-state index contributed by atoms with van der Waals surface area (Å²) in [6.45, 7) is 0. The van der Waals surface area contributed by atoms with E-state index in [-0.39, 0.29) is 17.0 Å². The van der Waals surface area contributed by atoms with Crippen molar-refractivity contribution in [1.82, 2.24) is 5.43 Å². The van der Waals surface area contributed by atoms with Crippen molar-refractivity contribution in [1.29, 1.82) is 0 Å². The second-order valence-corrected chi connectivity index (χ2v) is 7.26. The van der Waals surface area contributed by atoms with Crippen LogP contribution in [0, 0.1) is 0 Å². The largest absolute Gasteiger partial charge is 0.505 e. The number of phenolic OH excluding ortho intramolecular Hbond substituents is 1. The van der Waals surface area contributed by atoms with Crippen molar-refractivity contribution in [2.24, 2.45) is 15.3 Å². The van der Waals surface area contributed by atoms with Crippen LogP contribution >= 0.6 is 11.6 Å². The van der Waals surface area contributed by atoms with Gasteiger partial charge in [0, 0.05) is 21.7 Å². The van der Waals surface area contributed by atoms with Crippen LogP contribution < -0.4 is 11.2 Å². The standard InChI is InChI=1S/C24H18ClN5O2/c25-21-8-4-2-6-16(21)14-27-30-24(32)20-13-15-5-1-3-7-19(15)22(23(20)31)29-28-18-11-9-17(26)10-12-18/h1-14,31H,26H2,(H,30,32). The van der Waals surface area contributed by atoms with E-state index in [0.717, 1.165) is 5.39 Å². The predicted octanol–water partition coefficient (Wildman–Crippen LogP) is 5.96. The number of carbonyl (C=O) groups is 1. The number of hydrazone groups is 1. The van der Waals surface area contributed by atoms with Crippen molar-refractivity contribution in [2.45, 2.75) is 0 Å². The first kappa shape index (κ1) is 21.0. The van der Waals surface area contributed by atoms with Gasteiger partial charge in [-0.25, -0.2) is 5.43 Å². The predicted molar refractivity (Wildman–Crippen MR) is 127 cm³/mol. The molecule has 8 heteroatoms. The highest BCUT2D eigenvalue weighted by atomic mass is 35.5. The lowest BCUT2D eigenvalue weighted by Crippen LogP contribution is -2.17. The summed E-state index contributed by atoms with van der Waals surface area (Å²) in [5, 5.41) is 25.0. The molecule has 0 saturated heterocycles. The summed E-state index contributed by atoms with van der Waals surface area (Å²) in [6.07, 6.45) is 1.43. The van der Waals surface area contributed by atoms with E-state index < -0.39 is 5.91 Å². The molecular weight excluding hydrogens is 426 g/mol. The fourth-order valence-electron chi connectivity index (χ4n) is 3.04. The molecule has 1 amide bonds. The van der Waals surface area contributed by atoms with Crippen LogP contribution in [-0.2, 0) is 0 Å². The minimum Gasteiger partial charge on any atom is -0.505 e. The van der Waals surface area contributed by atoms with Gasteiger partial charge in [0.2, 0.25) is 0 Å². The fourth-order valence-corrected chi connectivity index (χ4v) is 3.23. The quantitative estimate of drug-likeness (QED) is 0.153. The van der Waals surface area contributed by atoms with E-state index in [1.54, 1.807) is 54.6 Å². The first-order valence-electron chi connectivity index (χ1n) is 9.63. The molecule has 0 heterocycles. The Hall–Kier alpha value is -4.23. The van der Waals surface area contributed by atoms with Crippen molar-refractivity contribution < 1.29 is 9.90 Å². The lowest BCUT2D eigenvalue weighted by molar-refractivity contribution is 0.0952. The monoisotopic (exact) mass is 443 g/mol. The summed E-state index contributed by atoms with van der Waals surface area (Å²) in [4.78, 5) is 12.7. The SMILES string of the molecule is Nc1ccc(N=Nc2c(O)c(C(=O)NN=Cc3ccccc3Cl)cc3ccccc23)cc1. The zero-order valence-electron chi connectivity index (χ0n) is 16.7. The topological polar surface area (TPSA) is 112 Å². The molecule has 7 nitrogen and oxygen atoms in total. The van der Waals surface area contributed by atoms with Gasteiger partial charge >= 0.3 is 0 Å². The number of benzene rings is 4. The number of nitrogens with two attached hydrogens (primary N) is 1. The van der Waals surface area contributed by atoms with Crippen LogP contribution in [-0.4, -0.2) is 17.2 Å². The van der Waals surface area contributed by atoms with Gasteiger partial charge in [-0.05, 0) is 41.8 Å². The maximum Gasteiger partial charge on any atom is 0.275 e. The van der Waals surface area contributed by atoms with Gasteiger partial charge in [-0.15, -0.1) is 5.11 Å². The molecule has 32 heavy (non-hydrogen) atoms. The number of phenols is 1. The van der Waals surface area contributed by atoms with Crippen molar-refractivity contribution in [3.05, 3.63) is 95.0 Å². The second kappa shape index (κ2) is 9.28. The van der Waals surface area contributed by atoms with Crippen LogP contribution in [0.3, 0.4) is 0 Å². The number of hydrogen-bond acceptors (Lipinski definition) is 6. The molecular formula is C24H18ClN5O2. The molecule has 4 aromatic carbocycles. The lowest BCUT2D eigenvalue weighted by atomic mass is 10.0. The Morgan fingerprint density at radius 1 is 0.969 bits per heavy atom. The summed E-state index contributed by atoms with van der Waals surface area (Å²) in [5.41, 5.74) is 10.1. The number of azo groups is 1. The molecule has 0 fully saturated rings. The number of nitrogen functional groups attached to an aromatic ring is 1. The third-order valence-electron chi connectivity index (χ3n) is 4.67. The number of halogens is 1. The van der Waals surface area contributed by atoms with Crippen LogP contribution in [0.4, 0.5) is 17.1 Å². The highest BCUT2D eigenvalue weighted by molar-refractivity contribution is 6.33. The molecule has 4 N–H and O–H groups in total. The molecule has 0 aliphatic carbocycles. The van der Waals surface area contributed by atoms with Crippen molar-refractivity contribution in [3.8, 4) is 5.75 Å². The molecule has 0 bridgehead atoms. The number of fused-ring (bicyclic) bond motifs is 1. The van der Waals surface area contributed by atoms with Crippen LogP contribution in [0.5, 0.6) is 5.75 Å². The molecule has 0 saturated carbocycles. The first-order chi connectivity index (χ1) is 15.5. The molecule has 0 atom stereocenters. The highest BCUT2D eigenvalue weighted by Gasteiger charge is 2.18. The number of carbonyl (C=O) groups excluding carboxylic acids is 1. The molecule has 4 rings (SSSR count). The third kappa shape index (κ3) is 4.58. The van der Waals surface area contributed by atoms with E-state index in [0.29, 0.717) is 27.3 Å². The number of aromatic hydroxyl groups is 1. The molecule has 4 aromatic rings. The fraction of sp³-hybridized carbons (Fsp3) is 0. The summed E-state index contributed by atoms with van der Waals surface area (Å²) < 4.78 is 0. The Bertz CT molecular complexity index is 1350. The number of hydrogen-bond donors (Lipinski definition) is 3. The maximum atomic E-state index is 12.7. The second-order valence-electron chi connectivity index (χ2n) is 6.85. The average molecular weight is 444 g/mol. The normalized spacial score (nSPS) is 11.4. The number of nitrogens with zero attached hydrogens (tertiary/aromatic N) is 3. The lowest BCUT2D eigenvalue weighted by Gasteiger charge is -2.09. The Labute approximate surface area is 188 Å². The minimum absolute atomic E-state index is 0.0197. The van der Waals surface area contributed by atoms with Crippen LogP contribution in [0.1, 0.15) is 15.9 Å². The maximum absolute atomic E-state index is 12.7. The summed E-state index contributed by atoms with van der Waals surface area (Å²) in [5.74, 6) is -0.895. The average Bonchev–Trinajstić information content (AvgIpc) is 2.80. The Morgan fingerprint density at radius 2 is 1.69 bits per heavy atom. The van der Waals surface area contributed by atoms with E-state index in [1.807, 2.05) is 24.3 Å². The van der Waals surface area contributed by atoms with Gasteiger partial charge in [0.05, 0.1) is 17.5 Å². The van der Waals surface area contributed by atoms with Crippen LogP contribution in [0.15, 0.2) is 94.2 Å². The zero-order valence-corrected chi connectivity index (χ0v) is 17.5. The zero-order chi connectivity index (χ0) is 22.5. The van der Waals surface area contributed by atoms with Gasteiger partial charge in [-0.3, -0.25) is 4.79 Å². The number of amides is 1. The summed E-state index contributed by atoms with van der Waals surface area (Å²) in [6, 6.07) is 22.7. The Morgan fingerprint density at radius 3 is 2.47 bits per heavy atom. The molecule has 0 unspecified atom stereocenters. The Kier molecular flexibility index (Phi) is 6.10.